The van der Waals surface area contributed by atoms with Gasteiger partial charge in [0.1, 0.15) is 0 Å². The van der Waals surface area contributed by atoms with Crippen molar-refractivity contribution in [1.29, 1.82) is 0 Å². The Labute approximate surface area is 160 Å². The van der Waals surface area contributed by atoms with Crippen molar-refractivity contribution in [2.75, 3.05) is 19.5 Å². The van der Waals surface area contributed by atoms with E-state index in [4.69, 9.17) is 9.47 Å². The molecule has 2 heterocycles. The van der Waals surface area contributed by atoms with E-state index in [0.29, 0.717) is 23.1 Å². The van der Waals surface area contributed by atoms with Gasteiger partial charge in [-0.15, -0.1) is 22.7 Å². The molecule has 7 heteroatoms. The number of nitrogens with zero attached hydrogens (tertiary/aromatic N) is 1. The summed E-state index contributed by atoms with van der Waals surface area (Å²) in [4.78, 5) is 17.9. The number of amides is 1. The zero-order valence-electron chi connectivity index (χ0n) is 14.7. The first-order chi connectivity index (χ1) is 12.7. The number of aryl methyl sites for hydroxylation is 1. The summed E-state index contributed by atoms with van der Waals surface area (Å²) in [5.74, 6) is 1.32. The second-order valence-electron chi connectivity index (χ2n) is 5.59. The topological polar surface area (TPSA) is 60.5 Å². The monoisotopic (exact) mass is 388 g/mol. The van der Waals surface area contributed by atoms with Gasteiger partial charge in [-0.05, 0) is 42.5 Å². The van der Waals surface area contributed by atoms with E-state index in [1.54, 1.807) is 25.6 Å². The quantitative estimate of drug-likeness (QED) is 0.599. The van der Waals surface area contributed by atoms with Crippen molar-refractivity contribution in [2.24, 2.45) is 0 Å². The standard InChI is InChI=1S/C19H20N2O3S2/c1-23-16-9-8-13(11-17(16)24-2)15-12-26-19(20-15)21-18(22)7-3-5-14-6-4-10-25-14/h4,6,8-12H,3,5,7H2,1-2H3,(H,20,21,22). The lowest BCUT2D eigenvalue weighted by molar-refractivity contribution is -0.116. The third-order valence-electron chi connectivity index (χ3n) is 3.84. The van der Waals surface area contributed by atoms with Crippen LogP contribution in [0.1, 0.15) is 17.7 Å². The summed E-state index contributed by atoms with van der Waals surface area (Å²) in [5.41, 5.74) is 1.71. The van der Waals surface area contributed by atoms with E-state index in [1.165, 1.54) is 16.2 Å². The van der Waals surface area contributed by atoms with Crippen LogP contribution in [0.2, 0.25) is 0 Å². The number of carbonyl (C=O) groups excluding carboxylic acids is 1. The van der Waals surface area contributed by atoms with Crippen molar-refractivity contribution in [2.45, 2.75) is 19.3 Å². The van der Waals surface area contributed by atoms with Crippen molar-refractivity contribution >= 4 is 33.7 Å². The van der Waals surface area contributed by atoms with Gasteiger partial charge >= 0.3 is 0 Å². The number of methoxy groups -OCH3 is 2. The van der Waals surface area contributed by atoms with Gasteiger partial charge in [0.25, 0.3) is 0 Å². The Hall–Kier alpha value is -2.38. The van der Waals surface area contributed by atoms with E-state index in [9.17, 15) is 4.79 Å². The molecule has 0 atom stereocenters. The number of aromatic nitrogens is 1. The number of thiophene rings is 1. The number of nitrogens with one attached hydrogen (secondary N) is 1. The van der Waals surface area contributed by atoms with E-state index in [2.05, 4.69) is 21.7 Å². The first-order valence-electron chi connectivity index (χ1n) is 8.19. The number of thiazole rings is 1. The molecule has 0 bridgehead atoms. The maximum Gasteiger partial charge on any atom is 0.226 e. The molecule has 0 saturated heterocycles. The van der Waals surface area contributed by atoms with Gasteiger partial charge in [0.05, 0.1) is 19.9 Å². The van der Waals surface area contributed by atoms with E-state index in [0.717, 1.165) is 24.1 Å². The molecule has 0 aliphatic carbocycles. The average Bonchev–Trinajstić information content (AvgIpc) is 3.33. The number of hydrogen-bond acceptors (Lipinski definition) is 6. The lowest BCUT2D eigenvalue weighted by Crippen LogP contribution is -2.11. The Morgan fingerprint density at radius 3 is 2.73 bits per heavy atom. The number of benzene rings is 1. The molecule has 5 nitrogen and oxygen atoms in total. The predicted molar refractivity (Wildman–Crippen MR) is 107 cm³/mol. The number of hydrogen-bond donors (Lipinski definition) is 1. The Bertz CT molecular complexity index is 860. The van der Waals surface area contributed by atoms with Crippen LogP contribution in [-0.2, 0) is 11.2 Å². The van der Waals surface area contributed by atoms with Gasteiger partial charge in [0, 0.05) is 22.2 Å². The summed E-state index contributed by atoms with van der Waals surface area (Å²) >= 11 is 3.14. The third-order valence-corrected chi connectivity index (χ3v) is 5.53. The summed E-state index contributed by atoms with van der Waals surface area (Å²) in [6.07, 6.45) is 2.25. The summed E-state index contributed by atoms with van der Waals surface area (Å²) in [6, 6.07) is 9.77. The summed E-state index contributed by atoms with van der Waals surface area (Å²) in [5, 5.41) is 7.46. The highest BCUT2D eigenvalue weighted by Crippen LogP contribution is 2.33. The molecule has 0 aliphatic rings. The fourth-order valence-corrected chi connectivity index (χ4v) is 4.01. The number of anilines is 1. The molecule has 0 fully saturated rings. The minimum Gasteiger partial charge on any atom is -0.493 e. The van der Waals surface area contributed by atoms with E-state index in [-0.39, 0.29) is 5.91 Å². The molecule has 26 heavy (non-hydrogen) atoms. The van der Waals surface area contributed by atoms with Gasteiger partial charge in [-0.1, -0.05) is 6.07 Å². The molecule has 0 spiro atoms. The zero-order chi connectivity index (χ0) is 18.4. The first-order valence-corrected chi connectivity index (χ1v) is 9.95. The number of ether oxygens (including phenoxy) is 2. The van der Waals surface area contributed by atoms with Crippen LogP contribution in [0.4, 0.5) is 5.13 Å². The summed E-state index contributed by atoms with van der Waals surface area (Å²) in [7, 11) is 3.21. The van der Waals surface area contributed by atoms with Crippen LogP contribution >= 0.6 is 22.7 Å². The molecule has 0 unspecified atom stereocenters. The van der Waals surface area contributed by atoms with Gasteiger partial charge in [-0.2, -0.15) is 0 Å². The van der Waals surface area contributed by atoms with Crippen LogP contribution in [0.25, 0.3) is 11.3 Å². The van der Waals surface area contributed by atoms with Crippen LogP contribution in [0.3, 0.4) is 0 Å². The molecule has 1 amide bonds. The van der Waals surface area contributed by atoms with Gasteiger partial charge in [-0.25, -0.2) is 4.98 Å². The van der Waals surface area contributed by atoms with Gasteiger partial charge in [0.15, 0.2) is 16.6 Å². The summed E-state index contributed by atoms with van der Waals surface area (Å²) in [6.45, 7) is 0. The van der Waals surface area contributed by atoms with Gasteiger partial charge < -0.3 is 14.8 Å². The SMILES string of the molecule is COc1ccc(-c2csc(NC(=O)CCCc3cccs3)n2)cc1OC. The zero-order valence-corrected chi connectivity index (χ0v) is 16.3. The maximum atomic E-state index is 12.1. The van der Waals surface area contributed by atoms with Gasteiger partial charge in [0.2, 0.25) is 5.91 Å². The summed E-state index contributed by atoms with van der Waals surface area (Å²) < 4.78 is 10.6. The van der Waals surface area contributed by atoms with Crippen molar-refractivity contribution in [3.05, 3.63) is 46.0 Å². The highest BCUT2D eigenvalue weighted by Gasteiger charge is 2.11. The normalized spacial score (nSPS) is 10.5. The molecule has 0 saturated carbocycles. The van der Waals surface area contributed by atoms with Crippen molar-refractivity contribution < 1.29 is 14.3 Å². The molecule has 1 N–H and O–H groups in total. The first kappa shape index (κ1) is 18.4. The predicted octanol–water partition coefficient (Wildman–Crippen LogP) is 4.85. The van der Waals surface area contributed by atoms with Crippen molar-refractivity contribution in [3.63, 3.8) is 0 Å². The Balaban J connectivity index is 1.58. The Morgan fingerprint density at radius 2 is 2.00 bits per heavy atom. The molecule has 0 radical (unpaired) electrons. The minimum atomic E-state index is -0.00484. The van der Waals surface area contributed by atoms with Crippen LogP contribution in [0.5, 0.6) is 11.5 Å². The maximum absolute atomic E-state index is 12.1. The molecule has 3 aromatic rings. The highest BCUT2D eigenvalue weighted by molar-refractivity contribution is 7.14. The van der Waals surface area contributed by atoms with Crippen molar-refractivity contribution in [3.8, 4) is 22.8 Å². The van der Waals surface area contributed by atoms with Crippen LogP contribution in [0.15, 0.2) is 41.1 Å². The number of rotatable bonds is 8. The fourth-order valence-electron chi connectivity index (χ4n) is 2.52. The van der Waals surface area contributed by atoms with E-state index >= 15 is 0 Å². The van der Waals surface area contributed by atoms with Crippen LogP contribution in [-0.4, -0.2) is 25.1 Å². The van der Waals surface area contributed by atoms with Crippen molar-refractivity contribution in [1.82, 2.24) is 4.98 Å². The minimum absolute atomic E-state index is 0.00484. The second kappa shape index (κ2) is 8.82. The molecule has 2 aromatic heterocycles. The molecular formula is C19H20N2O3S2. The van der Waals surface area contributed by atoms with Crippen LogP contribution < -0.4 is 14.8 Å². The molecule has 0 aliphatic heterocycles. The number of carbonyl (C=O) groups is 1. The molecule has 136 valence electrons. The highest BCUT2D eigenvalue weighted by atomic mass is 32.1. The third kappa shape index (κ3) is 4.62. The van der Waals surface area contributed by atoms with Gasteiger partial charge in [-0.3, -0.25) is 4.79 Å². The fraction of sp³-hybridized carbons (Fsp3) is 0.263. The van der Waals surface area contributed by atoms with E-state index in [1.807, 2.05) is 29.6 Å². The molecule has 3 rings (SSSR count). The Kier molecular flexibility index (Phi) is 6.25. The molecule has 1 aromatic carbocycles. The average molecular weight is 389 g/mol. The molecular weight excluding hydrogens is 368 g/mol. The lowest BCUT2D eigenvalue weighted by atomic mass is 10.1. The second-order valence-corrected chi connectivity index (χ2v) is 7.48. The van der Waals surface area contributed by atoms with Crippen LogP contribution in [0, 0.1) is 0 Å². The Morgan fingerprint density at radius 1 is 1.15 bits per heavy atom. The smallest absolute Gasteiger partial charge is 0.226 e. The largest absolute Gasteiger partial charge is 0.493 e. The lowest BCUT2D eigenvalue weighted by Gasteiger charge is -2.08. The van der Waals surface area contributed by atoms with E-state index < -0.39 is 0 Å².